The molecule has 2 aromatic rings. The standard InChI is InChI=1S/C17H24N4/c1-14-16(12-20(2)19-14)11-18-17-8-4-3-7-15(17)13-21-9-5-6-10-21/h3-4,7-8,12,18H,5-6,9-11,13H2,1-2H3. The smallest absolute Gasteiger partial charge is 0.0643 e. The average Bonchev–Trinajstić information content (AvgIpc) is 3.08. The summed E-state index contributed by atoms with van der Waals surface area (Å²) in [7, 11) is 1.97. The van der Waals surface area contributed by atoms with Gasteiger partial charge < -0.3 is 5.32 Å². The maximum absolute atomic E-state index is 4.40. The fraction of sp³-hybridized carbons (Fsp3) is 0.471. The summed E-state index contributed by atoms with van der Waals surface area (Å²) >= 11 is 0. The van der Waals surface area contributed by atoms with Crippen molar-refractivity contribution in [2.75, 3.05) is 18.4 Å². The van der Waals surface area contributed by atoms with E-state index in [9.17, 15) is 0 Å². The summed E-state index contributed by atoms with van der Waals surface area (Å²) in [6.07, 6.45) is 4.76. The third kappa shape index (κ3) is 3.45. The van der Waals surface area contributed by atoms with Crippen LogP contribution >= 0.6 is 0 Å². The molecular weight excluding hydrogens is 260 g/mol. The van der Waals surface area contributed by atoms with Crippen molar-refractivity contribution >= 4 is 5.69 Å². The summed E-state index contributed by atoms with van der Waals surface area (Å²) < 4.78 is 1.88. The van der Waals surface area contributed by atoms with E-state index >= 15 is 0 Å². The molecule has 4 heteroatoms. The highest BCUT2D eigenvalue weighted by Crippen LogP contribution is 2.21. The summed E-state index contributed by atoms with van der Waals surface area (Å²) in [4.78, 5) is 2.54. The fourth-order valence-electron chi connectivity index (χ4n) is 3.02. The zero-order chi connectivity index (χ0) is 14.7. The van der Waals surface area contributed by atoms with Gasteiger partial charge in [0.25, 0.3) is 0 Å². The van der Waals surface area contributed by atoms with Crippen molar-refractivity contribution in [3.63, 3.8) is 0 Å². The first-order valence-electron chi connectivity index (χ1n) is 7.75. The minimum absolute atomic E-state index is 0.830. The van der Waals surface area contributed by atoms with Gasteiger partial charge in [-0.15, -0.1) is 0 Å². The molecule has 0 radical (unpaired) electrons. The first-order chi connectivity index (χ1) is 10.2. The average molecular weight is 284 g/mol. The fourth-order valence-corrected chi connectivity index (χ4v) is 3.02. The van der Waals surface area contributed by atoms with Crippen LogP contribution < -0.4 is 5.32 Å². The van der Waals surface area contributed by atoms with Crippen LogP contribution in [0.15, 0.2) is 30.5 Å². The van der Waals surface area contributed by atoms with Gasteiger partial charge in [0.2, 0.25) is 0 Å². The highest BCUT2D eigenvalue weighted by molar-refractivity contribution is 5.51. The third-order valence-electron chi connectivity index (χ3n) is 4.19. The summed E-state index contributed by atoms with van der Waals surface area (Å²) in [5.74, 6) is 0. The number of likely N-dealkylation sites (tertiary alicyclic amines) is 1. The monoisotopic (exact) mass is 284 g/mol. The molecule has 0 amide bonds. The SMILES string of the molecule is Cc1nn(C)cc1CNc1ccccc1CN1CCCC1. The lowest BCUT2D eigenvalue weighted by Crippen LogP contribution is -2.19. The van der Waals surface area contributed by atoms with Crippen molar-refractivity contribution in [2.45, 2.75) is 32.9 Å². The van der Waals surface area contributed by atoms with E-state index in [0.717, 1.165) is 18.8 Å². The maximum atomic E-state index is 4.40. The Morgan fingerprint density at radius 2 is 1.90 bits per heavy atom. The molecule has 21 heavy (non-hydrogen) atoms. The number of aromatic nitrogens is 2. The van der Waals surface area contributed by atoms with Crippen molar-refractivity contribution in [3.05, 3.63) is 47.3 Å². The molecule has 1 fully saturated rings. The number of aryl methyl sites for hydroxylation is 2. The van der Waals surface area contributed by atoms with Gasteiger partial charge in [-0.2, -0.15) is 5.10 Å². The summed E-state index contributed by atoms with van der Waals surface area (Å²) in [6, 6.07) is 8.64. The number of nitrogens with one attached hydrogen (secondary N) is 1. The van der Waals surface area contributed by atoms with Gasteiger partial charge >= 0.3 is 0 Å². The van der Waals surface area contributed by atoms with Crippen molar-refractivity contribution < 1.29 is 0 Å². The van der Waals surface area contributed by atoms with Gasteiger partial charge in [0.1, 0.15) is 0 Å². The summed E-state index contributed by atoms with van der Waals surface area (Å²) in [5, 5.41) is 7.98. The Kier molecular flexibility index (Phi) is 4.25. The minimum Gasteiger partial charge on any atom is -0.381 e. The number of hydrogen-bond acceptors (Lipinski definition) is 3. The zero-order valence-electron chi connectivity index (χ0n) is 13.0. The number of benzene rings is 1. The largest absolute Gasteiger partial charge is 0.381 e. The molecular formula is C17H24N4. The molecule has 3 rings (SSSR count). The molecule has 1 aliphatic heterocycles. The van der Waals surface area contributed by atoms with Gasteiger partial charge in [0.15, 0.2) is 0 Å². The second-order valence-electron chi connectivity index (χ2n) is 5.91. The molecule has 112 valence electrons. The molecule has 1 aromatic carbocycles. The quantitative estimate of drug-likeness (QED) is 0.916. The maximum Gasteiger partial charge on any atom is 0.0643 e. The minimum atomic E-state index is 0.830. The second kappa shape index (κ2) is 6.31. The lowest BCUT2D eigenvalue weighted by molar-refractivity contribution is 0.332. The molecule has 0 unspecified atom stereocenters. The zero-order valence-corrected chi connectivity index (χ0v) is 13.0. The molecule has 0 atom stereocenters. The number of nitrogens with zero attached hydrogens (tertiary/aromatic N) is 3. The lowest BCUT2D eigenvalue weighted by Gasteiger charge is -2.18. The predicted octanol–water partition coefficient (Wildman–Crippen LogP) is 2.94. The molecule has 1 saturated heterocycles. The van der Waals surface area contributed by atoms with Crippen molar-refractivity contribution in [2.24, 2.45) is 7.05 Å². The van der Waals surface area contributed by atoms with Crippen LogP contribution in [-0.2, 0) is 20.1 Å². The molecule has 1 N–H and O–H groups in total. The number of hydrogen-bond donors (Lipinski definition) is 1. The Hall–Kier alpha value is -1.81. The van der Waals surface area contributed by atoms with Crippen molar-refractivity contribution in [1.82, 2.24) is 14.7 Å². The summed E-state index contributed by atoms with van der Waals surface area (Å²) in [6.45, 7) is 6.41. The third-order valence-corrected chi connectivity index (χ3v) is 4.19. The van der Waals surface area contributed by atoms with Crippen LogP contribution in [0.5, 0.6) is 0 Å². The Morgan fingerprint density at radius 1 is 1.14 bits per heavy atom. The van der Waals surface area contributed by atoms with Crippen LogP contribution in [-0.4, -0.2) is 27.8 Å². The van der Waals surface area contributed by atoms with E-state index in [4.69, 9.17) is 0 Å². The van der Waals surface area contributed by atoms with E-state index in [2.05, 4.69) is 52.7 Å². The van der Waals surface area contributed by atoms with Crippen LogP contribution in [0.1, 0.15) is 29.7 Å². The normalized spacial score (nSPS) is 15.5. The first kappa shape index (κ1) is 14.1. The van der Waals surface area contributed by atoms with Crippen LogP contribution in [0, 0.1) is 6.92 Å². The van der Waals surface area contributed by atoms with Crippen LogP contribution in [0.4, 0.5) is 5.69 Å². The molecule has 0 saturated carbocycles. The van der Waals surface area contributed by atoms with E-state index in [0.29, 0.717) is 0 Å². The molecule has 4 nitrogen and oxygen atoms in total. The molecule has 1 aliphatic rings. The van der Waals surface area contributed by atoms with E-state index in [1.165, 1.54) is 42.7 Å². The number of para-hydroxylation sites is 1. The second-order valence-corrected chi connectivity index (χ2v) is 5.91. The number of rotatable bonds is 5. The van der Waals surface area contributed by atoms with Crippen LogP contribution in [0.3, 0.4) is 0 Å². The summed E-state index contributed by atoms with van der Waals surface area (Å²) in [5.41, 5.74) is 4.99. The van der Waals surface area contributed by atoms with Gasteiger partial charge in [-0.05, 0) is 44.5 Å². The first-order valence-corrected chi connectivity index (χ1v) is 7.75. The molecule has 1 aromatic heterocycles. The van der Waals surface area contributed by atoms with Gasteiger partial charge in [-0.25, -0.2) is 0 Å². The van der Waals surface area contributed by atoms with E-state index in [1.807, 2.05) is 11.7 Å². The molecule has 0 aliphatic carbocycles. The molecule has 2 heterocycles. The van der Waals surface area contributed by atoms with E-state index < -0.39 is 0 Å². The Morgan fingerprint density at radius 3 is 2.62 bits per heavy atom. The topological polar surface area (TPSA) is 33.1 Å². The van der Waals surface area contributed by atoms with Crippen molar-refractivity contribution in [3.8, 4) is 0 Å². The lowest BCUT2D eigenvalue weighted by atomic mass is 10.1. The highest BCUT2D eigenvalue weighted by atomic mass is 15.3. The Bertz CT molecular complexity index is 597. The Balaban J connectivity index is 1.68. The van der Waals surface area contributed by atoms with Gasteiger partial charge in [0.05, 0.1) is 5.69 Å². The predicted molar refractivity (Wildman–Crippen MR) is 86.2 cm³/mol. The van der Waals surface area contributed by atoms with Gasteiger partial charge in [-0.1, -0.05) is 18.2 Å². The van der Waals surface area contributed by atoms with Crippen LogP contribution in [0.25, 0.3) is 0 Å². The molecule has 0 spiro atoms. The molecule has 0 bridgehead atoms. The van der Waals surface area contributed by atoms with E-state index in [-0.39, 0.29) is 0 Å². The van der Waals surface area contributed by atoms with Crippen LogP contribution in [0.2, 0.25) is 0 Å². The Labute approximate surface area is 126 Å². The number of anilines is 1. The van der Waals surface area contributed by atoms with Gasteiger partial charge in [-0.3, -0.25) is 9.58 Å². The van der Waals surface area contributed by atoms with Crippen molar-refractivity contribution in [1.29, 1.82) is 0 Å². The van der Waals surface area contributed by atoms with E-state index in [1.54, 1.807) is 0 Å². The van der Waals surface area contributed by atoms with Gasteiger partial charge in [0, 0.05) is 37.6 Å². The highest BCUT2D eigenvalue weighted by Gasteiger charge is 2.13.